The molecule has 124 valence electrons. The second kappa shape index (κ2) is 5.81. The average Bonchev–Trinajstić information content (AvgIpc) is 3.01. The molecule has 0 saturated heterocycles. The largest absolute Gasteiger partial charge is 0.312 e. The predicted octanol–water partition coefficient (Wildman–Crippen LogP) is 1.63. The minimum Gasteiger partial charge on any atom is -0.312 e. The molecule has 3 rings (SSSR count). The van der Waals surface area contributed by atoms with Gasteiger partial charge in [0, 0.05) is 43.9 Å². The molecule has 1 aliphatic heterocycles. The number of amides is 1. The van der Waals surface area contributed by atoms with Crippen molar-refractivity contribution in [2.75, 3.05) is 11.9 Å². The zero-order chi connectivity index (χ0) is 16.6. The standard InChI is InChI=1S/C16H24N6O/c1-16(2,3)8-10-7-13(22(4)21-10)18-15(23)14-11-9-17-6-5-12(11)19-20-14/h7,17H,5-6,8-9H2,1-4H3,(H,18,23)(H,19,20). The molecule has 0 fully saturated rings. The second-order valence-corrected chi connectivity index (χ2v) is 7.29. The van der Waals surface area contributed by atoms with Crippen LogP contribution in [0.1, 0.15) is 48.2 Å². The molecular weight excluding hydrogens is 292 g/mol. The summed E-state index contributed by atoms with van der Waals surface area (Å²) in [7, 11) is 1.84. The molecule has 0 aliphatic carbocycles. The number of aromatic amines is 1. The zero-order valence-corrected chi connectivity index (χ0v) is 14.2. The molecule has 7 nitrogen and oxygen atoms in total. The van der Waals surface area contributed by atoms with Crippen LogP contribution in [-0.2, 0) is 26.4 Å². The van der Waals surface area contributed by atoms with E-state index in [1.54, 1.807) is 4.68 Å². The van der Waals surface area contributed by atoms with E-state index in [1.807, 2.05) is 13.1 Å². The van der Waals surface area contributed by atoms with E-state index in [4.69, 9.17) is 0 Å². The topological polar surface area (TPSA) is 87.6 Å². The number of nitrogens with one attached hydrogen (secondary N) is 3. The minimum atomic E-state index is -0.198. The number of H-pyrrole nitrogens is 1. The number of aromatic nitrogens is 4. The Bertz CT molecular complexity index is 721. The van der Waals surface area contributed by atoms with Gasteiger partial charge in [0.15, 0.2) is 5.69 Å². The average molecular weight is 316 g/mol. The summed E-state index contributed by atoms with van der Waals surface area (Å²) in [6, 6.07) is 1.93. The Balaban J connectivity index is 1.77. The van der Waals surface area contributed by atoms with Crippen LogP contribution in [0.2, 0.25) is 0 Å². The normalized spacial score (nSPS) is 14.6. The van der Waals surface area contributed by atoms with Crippen molar-refractivity contribution in [2.24, 2.45) is 12.5 Å². The van der Waals surface area contributed by atoms with Crippen LogP contribution in [0.4, 0.5) is 5.82 Å². The van der Waals surface area contributed by atoms with Gasteiger partial charge in [-0.1, -0.05) is 20.8 Å². The van der Waals surface area contributed by atoms with E-state index in [2.05, 4.69) is 46.7 Å². The first-order valence-corrected chi connectivity index (χ1v) is 7.94. The van der Waals surface area contributed by atoms with Gasteiger partial charge in [-0.3, -0.25) is 14.6 Å². The summed E-state index contributed by atoms with van der Waals surface area (Å²) in [5.74, 6) is 0.492. The van der Waals surface area contributed by atoms with E-state index < -0.39 is 0 Å². The first kappa shape index (κ1) is 15.7. The van der Waals surface area contributed by atoms with Crippen molar-refractivity contribution < 1.29 is 4.79 Å². The van der Waals surface area contributed by atoms with E-state index in [9.17, 15) is 4.79 Å². The Morgan fingerprint density at radius 2 is 2.22 bits per heavy atom. The molecule has 3 N–H and O–H groups in total. The van der Waals surface area contributed by atoms with Crippen LogP contribution in [0.25, 0.3) is 0 Å². The summed E-state index contributed by atoms with van der Waals surface area (Å²) < 4.78 is 1.70. The lowest BCUT2D eigenvalue weighted by Gasteiger charge is -2.15. The predicted molar refractivity (Wildman–Crippen MR) is 88.3 cm³/mol. The van der Waals surface area contributed by atoms with Gasteiger partial charge in [0.05, 0.1) is 5.69 Å². The summed E-state index contributed by atoms with van der Waals surface area (Å²) in [6.45, 7) is 8.10. The van der Waals surface area contributed by atoms with Gasteiger partial charge in [0.25, 0.3) is 5.91 Å². The monoisotopic (exact) mass is 316 g/mol. The summed E-state index contributed by atoms with van der Waals surface area (Å²) in [5, 5.41) is 17.8. The van der Waals surface area contributed by atoms with Crippen LogP contribution in [0.3, 0.4) is 0 Å². The molecular formula is C16H24N6O. The molecule has 2 aromatic rings. The van der Waals surface area contributed by atoms with Crippen molar-refractivity contribution >= 4 is 11.7 Å². The fraction of sp³-hybridized carbons (Fsp3) is 0.562. The quantitative estimate of drug-likeness (QED) is 0.803. The van der Waals surface area contributed by atoms with Gasteiger partial charge in [0.2, 0.25) is 0 Å². The lowest BCUT2D eigenvalue weighted by atomic mass is 9.91. The Hall–Kier alpha value is -2.15. The van der Waals surface area contributed by atoms with Gasteiger partial charge >= 0.3 is 0 Å². The van der Waals surface area contributed by atoms with Gasteiger partial charge in [-0.25, -0.2) is 0 Å². The maximum atomic E-state index is 12.5. The lowest BCUT2D eigenvalue weighted by molar-refractivity contribution is 0.102. The first-order valence-electron chi connectivity index (χ1n) is 7.94. The van der Waals surface area contributed by atoms with Gasteiger partial charge in [-0.05, 0) is 11.8 Å². The van der Waals surface area contributed by atoms with E-state index >= 15 is 0 Å². The van der Waals surface area contributed by atoms with Crippen LogP contribution in [0.5, 0.6) is 0 Å². The highest BCUT2D eigenvalue weighted by molar-refractivity contribution is 6.03. The van der Waals surface area contributed by atoms with E-state index in [0.29, 0.717) is 18.1 Å². The first-order chi connectivity index (χ1) is 10.8. The van der Waals surface area contributed by atoms with Crippen LogP contribution in [0, 0.1) is 5.41 Å². The van der Waals surface area contributed by atoms with E-state index in [1.165, 1.54) is 0 Å². The van der Waals surface area contributed by atoms with Crippen LogP contribution >= 0.6 is 0 Å². The number of carbonyl (C=O) groups is 1. The minimum absolute atomic E-state index is 0.155. The number of hydrogen-bond donors (Lipinski definition) is 3. The Morgan fingerprint density at radius 3 is 2.96 bits per heavy atom. The Morgan fingerprint density at radius 1 is 1.43 bits per heavy atom. The number of anilines is 1. The summed E-state index contributed by atoms with van der Waals surface area (Å²) >= 11 is 0. The third-order valence-electron chi connectivity index (χ3n) is 3.90. The van der Waals surface area contributed by atoms with Gasteiger partial charge in [-0.2, -0.15) is 10.2 Å². The molecule has 0 atom stereocenters. The molecule has 0 radical (unpaired) electrons. The molecule has 23 heavy (non-hydrogen) atoms. The Labute approximate surface area is 135 Å². The van der Waals surface area contributed by atoms with Gasteiger partial charge < -0.3 is 10.6 Å². The molecule has 1 aliphatic rings. The van der Waals surface area contributed by atoms with Crippen LogP contribution in [-0.4, -0.2) is 32.4 Å². The highest BCUT2D eigenvalue weighted by Gasteiger charge is 2.23. The van der Waals surface area contributed by atoms with Crippen molar-refractivity contribution in [3.05, 3.63) is 28.7 Å². The molecule has 2 aromatic heterocycles. The molecule has 0 bridgehead atoms. The molecule has 7 heteroatoms. The molecule has 0 saturated carbocycles. The molecule has 1 amide bonds. The number of rotatable bonds is 3. The summed E-state index contributed by atoms with van der Waals surface area (Å²) in [6.07, 6.45) is 1.73. The fourth-order valence-electron chi connectivity index (χ4n) is 2.86. The fourth-order valence-corrected chi connectivity index (χ4v) is 2.86. The third-order valence-corrected chi connectivity index (χ3v) is 3.90. The number of hydrogen-bond acceptors (Lipinski definition) is 4. The SMILES string of the molecule is Cn1nc(CC(C)(C)C)cc1NC(=O)c1n[nH]c2c1CNCC2. The maximum absolute atomic E-state index is 12.5. The van der Waals surface area contributed by atoms with Crippen molar-refractivity contribution in [1.82, 2.24) is 25.3 Å². The van der Waals surface area contributed by atoms with Gasteiger partial charge in [-0.15, -0.1) is 0 Å². The maximum Gasteiger partial charge on any atom is 0.277 e. The molecule has 0 unspecified atom stereocenters. The van der Waals surface area contributed by atoms with Crippen molar-refractivity contribution in [3.63, 3.8) is 0 Å². The number of nitrogens with zero attached hydrogens (tertiary/aromatic N) is 3. The Kier molecular flexibility index (Phi) is 3.97. The second-order valence-electron chi connectivity index (χ2n) is 7.29. The third kappa shape index (κ3) is 3.44. The lowest BCUT2D eigenvalue weighted by Crippen LogP contribution is -2.25. The number of carbonyl (C=O) groups excluding carboxylic acids is 1. The smallest absolute Gasteiger partial charge is 0.277 e. The summed E-state index contributed by atoms with van der Waals surface area (Å²) in [5.41, 5.74) is 3.60. The summed E-state index contributed by atoms with van der Waals surface area (Å²) in [4.78, 5) is 12.5. The highest BCUT2D eigenvalue weighted by atomic mass is 16.2. The number of aryl methyl sites for hydroxylation is 1. The van der Waals surface area contributed by atoms with Crippen molar-refractivity contribution in [2.45, 2.75) is 40.2 Å². The van der Waals surface area contributed by atoms with Crippen LogP contribution < -0.4 is 10.6 Å². The van der Waals surface area contributed by atoms with E-state index in [0.717, 1.165) is 36.3 Å². The number of fused-ring (bicyclic) bond motifs is 1. The van der Waals surface area contributed by atoms with Gasteiger partial charge in [0.1, 0.15) is 5.82 Å². The van der Waals surface area contributed by atoms with Crippen LogP contribution in [0.15, 0.2) is 6.07 Å². The van der Waals surface area contributed by atoms with E-state index in [-0.39, 0.29) is 11.3 Å². The van der Waals surface area contributed by atoms with Crippen molar-refractivity contribution in [1.29, 1.82) is 0 Å². The molecule has 0 spiro atoms. The van der Waals surface area contributed by atoms with Crippen molar-refractivity contribution in [3.8, 4) is 0 Å². The molecule has 3 heterocycles. The zero-order valence-electron chi connectivity index (χ0n) is 14.2. The molecule has 0 aromatic carbocycles. The highest BCUT2D eigenvalue weighted by Crippen LogP contribution is 2.22.